The number of nitrogens with zero attached hydrogens (tertiary/aromatic N) is 3. The van der Waals surface area contributed by atoms with Crippen molar-refractivity contribution in [3.8, 4) is 11.3 Å². The zero-order chi connectivity index (χ0) is 19.3. The van der Waals surface area contributed by atoms with E-state index in [1.54, 1.807) is 25.3 Å². The molecule has 0 amide bonds. The van der Waals surface area contributed by atoms with Crippen LogP contribution in [0.25, 0.3) is 11.3 Å². The Balaban J connectivity index is 1.76. The van der Waals surface area contributed by atoms with Crippen LogP contribution in [0, 0.1) is 5.41 Å². The fourth-order valence-corrected chi connectivity index (χ4v) is 4.39. The van der Waals surface area contributed by atoms with Crippen molar-refractivity contribution in [2.75, 3.05) is 46.4 Å². The van der Waals surface area contributed by atoms with Gasteiger partial charge in [0.2, 0.25) is 0 Å². The van der Waals surface area contributed by atoms with Gasteiger partial charge in [-0.1, -0.05) is 30.3 Å². The van der Waals surface area contributed by atoms with E-state index < -0.39 is 10.0 Å². The first-order valence-corrected chi connectivity index (χ1v) is 10.3. The summed E-state index contributed by atoms with van der Waals surface area (Å²) in [5.41, 5.74) is 2.21. The van der Waals surface area contributed by atoms with Crippen LogP contribution >= 0.6 is 0 Å². The van der Waals surface area contributed by atoms with Gasteiger partial charge in [-0.15, -0.1) is 0 Å². The summed E-state index contributed by atoms with van der Waals surface area (Å²) in [6.45, 7) is 3.73. The van der Waals surface area contributed by atoms with Gasteiger partial charge in [0, 0.05) is 51.6 Å². The molecular weight excluding hydrogens is 364 g/mol. The average molecular weight is 388 g/mol. The zero-order valence-electron chi connectivity index (χ0n) is 15.3. The molecule has 144 valence electrons. The Hall–Kier alpha value is -2.13. The van der Waals surface area contributed by atoms with Gasteiger partial charge in [0.15, 0.2) is 5.03 Å². The van der Waals surface area contributed by atoms with Crippen molar-refractivity contribution in [3.63, 3.8) is 0 Å². The van der Waals surface area contributed by atoms with E-state index in [-0.39, 0.29) is 5.03 Å². The first kappa shape index (κ1) is 19.6. The summed E-state index contributed by atoms with van der Waals surface area (Å²) in [5, 5.41) is 7.33. The molecule has 3 rings (SSSR count). The predicted molar refractivity (Wildman–Crippen MR) is 105 cm³/mol. The van der Waals surface area contributed by atoms with Crippen LogP contribution in [-0.2, 0) is 14.8 Å². The normalized spacial score (nSPS) is 16.3. The third-order valence-corrected chi connectivity index (χ3v) is 6.44. The second-order valence-electron chi connectivity index (χ2n) is 6.37. The van der Waals surface area contributed by atoms with Crippen molar-refractivity contribution in [3.05, 3.63) is 48.0 Å². The number of rotatable bonds is 7. The lowest BCUT2D eigenvalue weighted by atomic mass is 10.1. The number of methoxy groups -OCH3 is 1. The number of benzene rings is 1. The maximum atomic E-state index is 13.0. The molecule has 0 spiro atoms. The Kier molecular flexibility index (Phi) is 6.33. The second kappa shape index (κ2) is 8.71. The van der Waals surface area contributed by atoms with Crippen LogP contribution in [0.15, 0.2) is 47.5 Å². The summed E-state index contributed by atoms with van der Waals surface area (Å²) in [6, 6.07) is 12.4. The van der Waals surface area contributed by atoms with E-state index in [1.807, 2.05) is 24.3 Å². The first-order valence-electron chi connectivity index (χ1n) is 8.84. The van der Waals surface area contributed by atoms with Crippen LogP contribution in [0.5, 0.6) is 0 Å². The Morgan fingerprint density at radius 3 is 2.44 bits per heavy atom. The highest BCUT2D eigenvalue weighted by Gasteiger charge is 2.29. The lowest BCUT2D eigenvalue weighted by Crippen LogP contribution is -2.49. The molecule has 7 nitrogen and oxygen atoms in total. The summed E-state index contributed by atoms with van der Waals surface area (Å²) < 4.78 is 32.5. The van der Waals surface area contributed by atoms with Crippen LogP contribution in [0.3, 0.4) is 0 Å². The molecule has 0 aliphatic carbocycles. The molecule has 1 fully saturated rings. The minimum absolute atomic E-state index is 0.0708. The lowest BCUT2D eigenvalue weighted by molar-refractivity contribution is 0.123. The van der Waals surface area contributed by atoms with Crippen LogP contribution in [0.4, 0.5) is 0 Å². The molecule has 0 bridgehead atoms. The molecular formula is C19H24N4O3S. The van der Waals surface area contributed by atoms with Gasteiger partial charge < -0.3 is 10.1 Å². The summed E-state index contributed by atoms with van der Waals surface area (Å²) in [7, 11) is -1.96. The molecule has 2 heterocycles. The van der Waals surface area contributed by atoms with E-state index in [0.29, 0.717) is 38.5 Å². The molecule has 0 saturated carbocycles. The number of hydrogen-bond donors (Lipinski definition) is 1. The standard InChI is InChI=1S/C19H24N4O3S/c1-26-14-13-22-9-11-23(12-10-22)27(24,25)19-4-2-3-18(21-19)17-7-5-16(15-20)6-8-17/h2-8,15,20H,9-14H2,1H3. The average Bonchev–Trinajstić information content (AvgIpc) is 2.72. The quantitative estimate of drug-likeness (QED) is 0.730. The largest absolute Gasteiger partial charge is 0.383 e. The number of pyridine rings is 1. The number of aromatic nitrogens is 1. The van der Waals surface area contributed by atoms with Crippen LogP contribution in [0.2, 0.25) is 0 Å². The predicted octanol–water partition coefficient (Wildman–Crippen LogP) is 1.70. The molecule has 8 heteroatoms. The monoisotopic (exact) mass is 388 g/mol. The fraction of sp³-hybridized carbons (Fsp3) is 0.368. The third-order valence-electron chi connectivity index (χ3n) is 4.64. The molecule has 0 atom stereocenters. The van der Waals surface area contributed by atoms with Gasteiger partial charge in [0.05, 0.1) is 12.3 Å². The van der Waals surface area contributed by atoms with Gasteiger partial charge in [0.25, 0.3) is 10.0 Å². The van der Waals surface area contributed by atoms with Crippen LogP contribution < -0.4 is 0 Å². The molecule has 2 aromatic rings. The molecule has 0 radical (unpaired) electrons. The minimum Gasteiger partial charge on any atom is -0.383 e. The summed E-state index contributed by atoms with van der Waals surface area (Å²) in [6.07, 6.45) is 1.27. The molecule has 1 aromatic heterocycles. The summed E-state index contributed by atoms with van der Waals surface area (Å²) in [4.78, 5) is 6.59. The van der Waals surface area contributed by atoms with Crippen molar-refractivity contribution in [2.24, 2.45) is 0 Å². The number of piperazine rings is 1. The smallest absolute Gasteiger partial charge is 0.260 e. The Bertz CT molecular complexity index is 876. The van der Waals surface area contributed by atoms with Gasteiger partial charge in [-0.25, -0.2) is 13.4 Å². The number of nitrogens with one attached hydrogen (secondary N) is 1. The Labute approximate surface area is 160 Å². The van der Waals surface area contributed by atoms with Crippen molar-refractivity contribution >= 4 is 16.2 Å². The maximum Gasteiger partial charge on any atom is 0.260 e. The zero-order valence-corrected chi connectivity index (χ0v) is 16.2. The lowest BCUT2D eigenvalue weighted by Gasteiger charge is -2.33. The number of ether oxygens (including phenoxy) is 1. The van der Waals surface area contributed by atoms with Gasteiger partial charge >= 0.3 is 0 Å². The van der Waals surface area contributed by atoms with Crippen molar-refractivity contribution in [2.45, 2.75) is 5.03 Å². The van der Waals surface area contributed by atoms with E-state index in [9.17, 15) is 8.42 Å². The number of sulfonamides is 1. The SMILES string of the molecule is COCCN1CCN(S(=O)(=O)c2cccc(-c3ccc(C=N)cc3)n2)CC1. The van der Waals surface area contributed by atoms with E-state index in [2.05, 4.69) is 9.88 Å². The third kappa shape index (κ3) is 4.59. The second-order valence-corrected chi connectivity index (χ2v) is 8.25. The van der Waals surface area contributed by atoms with E-state index in [1.165, 1.54) is 10.5 Å². The molecule has 1 saturated heterocycles. The maximum absolute atomic E-state index is 13.0. The highest BCUT2D eigenvalue weighted by molar-refractivity contribution is 7.89. The highest BCUT2D eigenvalue weighted by Crippen LogP contribution is 2.21. The van der Waals surface area contributed by atoms with Gasteiger partial charge in [-0.3, -0.25) is 4.90 Å². The molecule has 1 aromatic carbocycles. The van der Waals surface area contributed by atoms with E-state index in [4.69, 9.17) is 10.1 Å². The first-order chi connectivity index (χ1) is 13.0. The van der Waals surface area contributed by atoms with E-state index in [0.717, 1.165) is 17.7 Å². The van der Waals surface area contributed by atoms with Gasteiger partial charge in [0.1, 0.15) is 0 Å². The fourth-order valence-electron chi connectivity index (χ4n) is 3.02. The molecule has 1 N–H and O–H groups in total. The molecule has 1 aliphatic heterocycles. The molecule has 0 unspecified atom stereocenters. The molecule has 1 aliphatic rings. The van der Waals surface area contributed by atoms with Crippen LogP contribution in [-0.4, -0.2) is 75.3 Å². The van der Waals surface area contributed by atoms with Crippen molar-refractivity contribution in [1.82, 2.24) is 14.2 Å². The summed E-state index contributed by atoms with van der Waals surface area (Å²) >= 11 is 0. The Morgan fingerprint density at radius 2 is 1.81 bits per heavy atom. The van der Waals surface area contributed by atoms with Crippen molar-refractivity contribution in [1.29, 1.82) is 5.41 Å². The topological polar surface area (TPSA) is 86.6 Å². The van der Waals surface area contributed by atoms with Crippen molar-refractivity contribution < 1.29 is 13.2 Å². The Morgan fingerprint density at radius 1 is 1.11 bits per heavy atom. The minimum atomic E-state index is -3.62. The van der Waals surface area contributed by atoms with Gasteiger partial charge in [-0.05, 0) is 17.7 Å². The van der Waals surface area contributed by atoms with Gasteiger partial charge in [-0.2, -0.15) is 4.31 Å². The highest BCUT2D eigenvalue weighted by atomic mass is 32.2. The molecule has 27 heavy (non-hydrogen) atoms. The van der Waals surface area contributed by atoms with E-state index >= 15 is 0 Å². The number of hydrogen-bond acceptors (Lipinski definition) is 6. The van der Waals surface area contributed by atoms with Crippen LogP contribution in [0.1, 0.15) is 5.56 Å². The summed E-state index contributed by atoms with van der Waals surface area (Å²) in [5.74, 6) is 0.